The van der Waals surface area contributed by atoms with Crippen LogP contribution < -0.4 is 10.6 Å². The Hall–Kier alpha value is -7.23. The van der Waals surface area contributed by atoms with Gasteiger partial charge in [-0.1, -0.05) is 363 Å². The van der Waals surface area contributed by atoms with Gasteiger partial charge in [0.15, 0.2) is 12.4 Å². The molecule has 0 saturated carbocycles. The van der Waals surface area contributed by atoms with Crippen LogP contribution in [0.3, 0.4) is 0 Å². The van der Waals surface area contributed by atoms with Crippen molar-refractivity contribution in [3.8, 4) is 0 Å². The highest BCUT2D eigenvalue weighted by Crippen LogP contribution is 2.30. The summed E-state index contributed by atoms with van der Waals surface area (Å²) in [6, 6.07) is 24.9. The van der Waals surface area contributed by atoms with Crippen LogP contribution in [0.25, 0.3) is 0 Å². The molecule has 636 valence electrons. The number of unbranched alkanes of at least 4 members (excludes halogenated alkanes) is 38. The average molecular weight is 1580 g/mol. The Morgan fingerprint density at radius 2 is 0.690 bits per heavy atom. The number of hydrogen-bond acceptors (Lipinski definition) is 19. The molecule has 0 bridgehead atoms. The standard InChI is InChI=1S/C92H144N2O19/c1-5-9-13-17-21-25-28-32-36-40-53-63-79(96)94-85-87(113-84(101)68-93-78(95)62-52-39-35-31-24-20-16-12-8-4)86(102)77(110-92(85)109-76(66-82(99)105-69-73-56-46-43-47-57-73)67-83(100)106-70-74-58-48-44-49-59-74)72-108-91(104)89(112-81(98)65-55-42-38-34-30-27-23-19-15-11-7-3)88(90(103)107-71-75-60-50-45-51-61-75)111-80(97)64-54-41-37-33-29-26-22-18-14-10-6-2/h43-51,56-61,76-77,85-89,92,102H,5-42,52-55,62-72H2,1-4H3,(H,93,95)(H,94,96)/t77-,85-,86-,87-,88-,89-,92+/m1/s1. The van der Waals surface area contributed by atoms with Gasteiger partial charge in [-0.05, 0) is 42.4 Å². The fourth-order valence-corrected chi connectivity index (χ4v) is 13.8. The molecule has 0 radical (unpaired) electrons. The average Bonchev–Trinajstić information content (AvgIpc) is 0.788. The SMILES string of the molecule is CCCCCCCCCCCCCC(=O)N[C@H]1[C@@H](OC(CC(=O)OCc2ccccc2)CC(=O)OCc2ccccc2)O[C@H](COC(=O)[C@H](OC(=O)CCCCCCCCCCCCC)[C@@H](OC(=O)CCCCCCCCCCCCC)C(=O)OCc2ccccc2)[C@@H](O)[C@@H]1OC(=O)CNC(=O)CCCCCCCCCCC. The topological polar surface area (TPSA) is 281 Å². The zero-order valence-electron chi connectivity index (χ0n) is 69.6. The van der Waals surface area contributed by atoms with E-state index in [0.717, 1.165) is 122 Å². The third-order valence-corrected chi connectivity index (χ3v) is 20.7. The molecule has 0 spiro atoms. The van der Waals surface area contributed by atoms with Crippen molar-refractivity contribution >= 4 is 53.6 Å². The van der Waals surface area contributed by atoms with Crippen LogP contribution >= 0.6 is 0 Å². The Morgan fingerprint density at radius 3 is 1.05 bits per heavy atom. The van der Waals surface area contributed by atoms with Gasteiger partial charge in [0.1, 0.15) is 51.2 Å². The summed E-state index contributed by atoms with van der Waals surface area (Å²) in [5.41, 5.74) is 1.90. The summed E-state index contributed by atoms with van der Waals surface area (Å²) < 4.78 is 54.3. The van der Waals surface area contributed by atoms with E-state index >= 15 is 4.79 Å². The largest absolute Gasteiger partial charge is 0.461 e. The minimum atomic E-state index is -2.28. The molecule has 3 aromatic rings. The van der Waals surface area contributed by atoms with Gasteiger partial charge in [-0.3, -0.25) is 33.6 Å². The molecule has 1 saturated heterocycles. The first-order chi connectivity index (χ1) is 55.1. The van der Waals surface area contributed by atoms with Crippen molar-refractivity contribution in [3.63, 3.8) is 0 Å². The third-order valence-electron chi connectivity index (χ3n) is 20.7. The quantitative estimate of drug-likeness (QED) is 0.0269. The number of esters is 7. The highest BCUT2D eigenvalue weighted by Gasteiger charge is 2.51. The summed E-state index contributed by atoms with van der Waals surface area (Å²) in [5.74, 6) is -8.04. The maximum absolute atomic E-state index is 15.2. The van der Waals surface area contributed by atoms with Crippen LogP contribution in [0, 0.1) is 0 Å². The van der Waals surface area contributed by atoms with E-state index in [2.05, 4.69) is 38.3 Å². The Bertz CT molecular complexity index is 2930. The number of ether oxygens (including phenoxy) is 9. The van der Waals surface area contributed by atoms with Crippen LogP contribution in [0.15, 0.2) is 91.0 Å². The number of nitrogens with one attached hydrogen (secondary N) is 2. The van der Waals surface area contributed by atoms with E-state index in [0.29, 0.717) is 55.2 Å². The molecule has 3 aromatic carbocycles. The summed E-state index contributed by atoms with van der Waals surface area (Å²) in [5, 5.41) is 18.2. The number of amides is 2. The van der Waals surface area contributed by atoms with E-state index in [-0.39, 0.29) is 45.5 Å². The van der Waals surface area contributed by atoms with Crippen LogP contribution in [-0.2, 0) is 106 Å². The molecule has 0 unspecified atom stereocenters. The molecule has 1 heterocycles. The van der Waals surface area contributed by atoms with Crippen molar-refractivity contribution in [2.75, 3.05) is 13.2 Å². The van der Waals surface area contributed by atoms with Crippen molar-refractivity contribution in [2.45, 2.75) is 405 Å². The Kier molecular flexibility index (Phi) is 56.4. The van der Waals surface area contributed by atoms with E-state index in [4.69, 9.17) is 42.6 Å². The summed E-state index contributed by atoms with van der Waals surface area (Å²) in [4.78, 5) is 128. The molecule has 113 heavy (non-hydrogen) atoms. The normalized spacial score (nSPS) is 15.8. The van der Waals surface area contributed by atoms with Crippen molar-refractivity contribution in [2.24, 2.45) is 0 Å². The van der Waals surface area contributed by atoms with E-state index in [1.54, 1.807) is 78.9 Å². The lowest BCUT2D eigenvalue weighted by Gasteiger charge is -2.44. The van der Waals surface area contributed by atoms with Crippen LogP contribution in [0.2, 0.25) is 0 Å². The molecule has 21 heteroatoms. The van der Waals surface area contributed by atoms with E-state index < -0.39 is 129 Å². The first-order valence-electron chi connectivity index (χ1n) is 44.0. The second-order valence-corrected chi connectivity index (χ2v) is 30.8. The van der Waals surface area contributed by atoms with Crippen molar-refractivity contribution in [1.29, 1.82) is 0 Å². The molecular formula is C92H144N2O19. The lowest BCUT2D eigenvalue weighted by Crippen LogP contribution is -2.66. The molecule has 1 aliphatic rings. The lowest BCUT2D eigenvalue weighted by molar-refractivity contribution is -0.286. The minimum Gasteiger partial charge on any atom is -0.461 e. The molecule has 0 aromatic heterocycles. The fraction of sp³-hybridized carbons (Fsp3) is 0.707. The Balaban J connectivity index is 1.75. The van der Waals surface area contributed by atoms with Gasteiger partial charge in [-0.2, -0.15) is 0 Å². The molecule has 3 N–H and O–H groups in total. The van der Waals surface area contributed by atoms with Gasteiger partial charge in [-0.15, -0.1) is 0 Å². The number of rotatable bonds is 69. The van der Waals surface area contributed by atoms with Crippen LogP contribution in [0.5, 0.6) is 0 Å². The molecule has 1 aliphatic heterocycles. The van der Waals surface area contributed by atoms with Crippen LogP contribution in [-0.4, -0.2) is 121 Å². The molecular weight excluding hydrogens is 1440 g/mol. The van der Waals surface area contributed by atoms with E-state index in [1.165, 1.54) is 109 Å². The highest BCUT2D eigenvalue weighted by molar-refractivity contribution is 5.89. The maximum Gasteiger partial charge on any atom is 0.352 e. The van der Waals surface area contributed by atoms with E-state index in [9.17, 15) is 43.5 Å². The zero-order chi connectivity index (χ0) is 81.4. The predicted octanol–water partition coefficient (Wildman–Crippen LogP) is 19.4. The van der Waals surface area contributed by atoms with Gasteiger partial charge < -0.3 is 58.4 Å². The van der Waals surface area contributed by atoms with Crippen LogP contribution in [0.1, 0.15) is 353 Å². The molecule has 21 nitrogen and oxygen atoms in total. The van der Waals surface area contributed by atoms with Crippen molar-refractivity contribution < 1.29 is 90.9 Å². The van der Waals surface area contributed by atoms with Crippen LogP contribution in [0.4, 0.5) is 0 Å². The summed E-state index contributed by atoms with van der Waals surface area (Å²) >= 11 is 0. The summed E-state index contributed by atoms with van der Waals surface area (Å²) in [6.45, 7) is 6.51. The zero-order valence-corrected chi connectivity index (χ0v) is 69.6. The first kappa shape index (κ1) is 98.1. The van der Waals surface area contributed by atoms with Gasteiger partial charge in [-0.25, -0.2) is 9.59 Å². The van der Waals surface area contributed by atoms with Gasteiger partial charge in [0.25, 0.3) is 0 Å². The first-order valence-corrected chi connectivity index (χ1v) is 44.0. The summed E-state index contributed by atoms with van der Waals surface area (Å²) in [6.07, 6.45) is 27.8. The van der Waals surface area contributed by atoms with Crippen molar-refractivity contribution in [1.82, 2.24) is 10.6 Å². The molecule has 1 fully saturated rings. The minimum absolute atomic E-state index is 0.0216. The molecule has 4 rings (SSSR count). The smallest absolute Gasteiger partial charge is 0.352 e. The number of benzene rings is 3. The molecule has 7 atom stereocenters. The van der Waals surface area contributed by atoms with E-state index in [1.807, 2.05) is 12.1 Å². The summed E-state index contributed by atoms with van der Waals surface area (Å²) in [7, 11) is 0. The monoisotopic (exact) mass is 1580 g/mol. The van der Waals surface area contributed by atoms with Gasteiger partial charge in [0.05, 0.1) is 18.9 Å². The fourth-order valence-electron chi connectivity index (χ4n) is 13.8. The second-order valence-electron chi connectivity index (χ2n) is 30.8. The number of hydrogen-bond donors (Lipinski definition) is 3. The van der Waals surface area contributed by atoms with Gasteiger partial charge in [0, 0.05) is 25.7 Å². The van der Waals surface area contributed by atoms with Gasteiger partial charge in [0.2, 0.25) is 24.0 Å². The molecule has 0 aliphatic carbocycles. The van der Waals surface area contributed by atoms with Gasteiger partial charge >= 0.3 is 41.8 Å². The maximum atomic E-state index is 15.2. The predicted molar refractivity (Wildman–Crippen MR) is 438 cm³/mol. The highest BCUT2D eigenvalue weighted by atomic mass is 16.7. The molecule has 2 amide bonds. The number of carbonyl (C=O) groups excluding carboxylic acids is 9. The number of aliphatic hydroxyl groups is 1. The van der Waals surface area contributed by atoms with Crippen molar-refractivity contribution in [3.05, 3.63) is 108 Å². The third kappa shape index (κ3) is 48.0. The lowest BCUT2D eigenvalue weighted by atomic mass is 9.96. The Morgan fingerprint density at radius 1 is 0.372 bits per heavy atom. The number of aliphatic hydroxyl groups excluding tert-OH is 1. The second kappa shape index (κ2) is 65.0. The number of carbonyl (C=O) groups is 9. The Labute approximate surface area is 677 Å².